The lowest BCUT2D eigenvalue weighted by atomic mass is 10.2. The van der Waals surface area contributed by atoms with Crippen LogP contribution >= 0.6 is 12.4 Å². The van der Waals surface area contributed by atoms with Crippen molar-refractivity contribution in [2.75, 3.05) is 6.61 Å². The molecule has 0 bridgehead atoms. The summed E-state index contributed by atoms with van der Waals surface area (Å²) in [5.41, 5.74) is 6.33. The van der Waals surface area contributed by atoms with Gasteiger partial charge in [0.25, 0.3) is 0 Å². The maximum absolute atomic E-state index is 8.56. The number of aliphatic hydroxyl groups excluding tert-OH is 1. The van der Waals surface area contributed by atoms with Crippen molar-refractivity contribution >= 4 is 12.4 Å². The maximum Gasteiger partial charge on any atom is 0.0682 e. The molecule has 4 N–H and O–H groups in total. The number of aromatic amines is 1. The van der Waals surface area contributed by atoms with E-state index in [2.05, 4.69) is 4.98 Å². The highest BCUT2D eigenvalue weighted by Gasteiger charge is 2.01. The first kappa shape index (κ1) is 9.49. The van der Waals surface area contributed by atoms with E-state index < -0.39 is 0 Å². The number of halogens is 1. The van der Waals surface area contributed by atoms with E-state index in [1.54, 1.807) is 6.20 Å². The standard InChI is InChI=1S/C6H10N2O.ClH/c7-5(4-9)6-2-1-3-8-6;/h1-3,5,8-9H,4,7H2;1H/t5-;/m0./s1. The van der Waals surface area contributed by atoms with Crippen LogP contribution in [0.25, 0.3) is 0 Å². The van der Waals surface area contributed by atoms with Crippen molar-refractivity contribution in [2.24, 2.45) is 5.73 Å². The summed E-state index contributed by atoms with van der Waals surface area (Å²) >= 11 is 0. The Morgan fingerprint density at radius 1 is 1.70 bits per heavy atom. The molecule has 1 rings (SSSR count). The van der Waals surface area contributed by atoms with Crippen LogP contribution in [0.1, 0.15) is 11.7 Å². The van der Waals surface area contributed by atoms with E-state index in [0.717, 1.165) is 5.69 Å². The van der Waals surface area contributed by atoms with Gasteiger partial charge in [0.2, 0.25) is 0 Å². The average molecular weight is 163 g/mol. The average Bonchev–Trinajstić information content (AvgIpc) is 2.37. The van der Waals surface area contributed by atoms with Crippen LogP contribution in [-0.2, 0) is 0 Å². The molecule has 0 saturated heterocycles. The quantitative estimate of drug-likeness (QED) is 0.591. The van der Waals surface area contributed by atoms with Gasteiger partial charge in [-0.2, -0.15) is 0 Å². The SMILES string of the molecule is Cl.N[C@@H](CO)c1ccc[nH]1. The van der Waals surface area contributed by atoms with Gasteiger partial charge in [-0.25, -0.2) is 0 Å². The Morgan fingerprint density at radius 2 is 2.40 bits per heavy atom. The molecule has 4 heteroatoms. The predicted molar refractivity (Wildman–Crippen MR) is 42.1 cm³/mol. The molecule has 1 atom stereocenters. The van der Waals surface area contributed by atoms with Crippen molar-refractivity contribution in [2.45, 2.75) is 6.04 Å². The molecule has 0 aliphatic rings. The topological polar surface area (TPSA) is 62.0 Å². The number of H-pyrrole nitrogens is 1. The molecule has 0 aliphatic heterocycles. The van der Waals surface area contributed by atoms with Gasteiger partial charge in [-0.1, -0.05) is 0 Å². The fourth-order valence-corrected chi connectivity index (χ4v) is 0.673. The summed E-state index contributed by atoms with van der Waals surface area (Å²) in [6.45, 7) is -0.0134. The summed E-state index contributed by atoms with van der Waals surface area (Å²) in [4.78, 5) is 2.90. The number of hydrogen-bond donors (Lipinski definition) is 3. The lowest BCUT2D eigenvalue weighted by Crippen LogP contribution is -2.14. The van der Waals surface area contributed by atoms with Gasteiger partial charge in [0.05, 0.1) is 12.6 Å². The molecule has 3 nitrogen and oxygen atoms in total. The zero-order valence-electron chi connectivity index (χ0n) is 5.45. The van der Waals surface area contributed by atoms with Crippen molar-refractivity contribution in [1.82, 2.24) is 4.98 Å². The van der Waals surface area contributed by atoms with Crippen LogP contribution in [0.2, 0.25) is 0 Å². The van der Waals surface area contributed by atoms with Crippen LogP contribution in [0, 0.1) is 0 Å². The van der Waals surface area contributed by atoms with Crippen LogP contribution in [0.4, 0.5) is 0 Å². The second-order valence-corrected chi connectivity index (χ2v) is 1.91. The highest BCUT2D eigenvalue weighted by molar-refractivity contribution is 5.85. The van der Waals surface area contributed by atoms with Gasteiger partial charge >= 0.3 is 0 Å². The molecule has 1 aromatic rings. The molecule has 0 radical (unpaired) electrons. The third kappa shape index (κ3) is 2.02. The fourth-order valence-electron chi connectivity index (χ4n) is 0.673. The van der Waals surface area contributed by atoms with Gasteiger partial charge in [0, 0.05) is 11.9 Å². The number of aromatic nitrogens is 1. The molecule has 1 heterocycles. The monoisotopic (exact) mass is 162 g/mol. The van der Waals surface area contributed by atoms with Crippen LogP contribution in [0.5, 0.6) is 0 Å². The van der Waals surface area contributed by atoms with Crippen molar-refractivity contribution in [1.29, 1.82) is 0 Å². The van der Waals surface area contributed by atoms with E-state index in [9.17, 15) is 0 Å². The highest BCUT2D eigenvalue weighted by atomic mass is 35.5. The molecular weight excluding hydrogens is 152 g/mol. The smallest absolute Gasteiger partial charge is 0.0682 e. The predicted octanol–water partition coefficient (Wildman–Crippen LogP) is 0.429. The lowest BCUT2D eigenvalue weighted by molar-refractivity contribution is 0.266. The summed E-state index contributed by atoms with van der Waals surface area (Å²) in [6, 6.07) is 3.44. The summed E-state index contributed by atoms with van der Waals surface area (Å²) in [5.74, 6) is 0. The van der Waals surface area contributed by atoms with Crippen molar-refractivity contribution in [3.63, 3.8) is 0 Å². The lowest BCUT2D eigenvalue weighted by Gasteiger charge is -2.02. The molecule has 1 aromatic heterocycles. The van der Waals surface area contributed by atoms with Gasteiger partial charge < -0.3 is 15.8 Å². The molecular formula is C6H11ClN2O. The van der Waals surface area contributed by atoms with E-state index in [0.29, 0.717) is 0 Å². The third-order valence-corrected chi connectivity index (χ3v) is 1.22. The van der Waals surface area contributed by atoms with Gasteiger partial charge in [-0.15, -0.1) is 12.4 Å². The van der Waals surface area contributed by atoms with Crippen molar-refractivity contribution < 1.29 is 5.11 Å². The van der Waals surface area contributed by atoms with Gasteiger partial charge in [-0.05, 0) is 12.1 Å². The molecule has 58 valence electrons. The molecule has 10 heavy (non-hydrogen) atoms. The van der Waals surface area contributed by atoms with E-state index in [-0.39, 0.29) is 25.1 Å². The Balaban J connectivity index is 0.000000810. The molecule has 0 aliphatic carbocycles. The second kappa shape index (κ2) is 4.33. The first-order valence-electron chi connectivity index (χ1n) is 2.84. The molecule has 0 saturated carbocycles. The minimum absolute atomic E-state index is 0. The third-order valence-electron chi connectivity index (χ3n) is 1.22. The summed E-state index contributed by atoms with van der Waals surface area (Å²) in [6.07, 6.45) is 1.78. The minimum Gasteiger partial charge on any atom is -0.394 e. The largest absolute Gasteiger partial charge is 0.394 e. The molecule has 0 amide bonds. The van der Waals surface area contributed by atoms with E-state index in [1.807, 2.05) is 12.1 Å². The Bertz CT molecular complexity index is 164. The Labute approximate surface area is 65.7 Å². The number of aliphatic hydroxyl groups is 1. The van der Waals surface area contributed by atoms with Gasteiger partial charge in [0.15, 0.2) is 0 Å². The van der Waals surface area contributed by atoms with Crippen LogP contribution in [0.15, 0.2) is 18.3 Å². The molecule has 0 fully saturated rings. The zero-order chi connectivity index (χ0) is 6.69. The molecule has 0 unspecified atom stereocenters. The Morgan fingerprint density at radius 3 is 2.80 bits per heavy atom. The maximum atomic E-state index is 8.56. The zero-order valence-corrected chi connectivity index (χ0v) is 6.27. The van der Waals surface area contributed by atoms with Crippen LogP contribution in [0.3, 0.4) is 0 Å². The van der Waals surface area contributed by atoms with Gasteiger partial charge in [-0.3, -0.25) is 0 Å². The van der Waals surface area contributed by atoms with E-state index in [4.69, 9.17) is 10.8 Å². The van der Waals surface area contributed by atoms with Crippen molar-refractivity contribution in [3.8, 4) is 0 Å². The van der Waals surface area contributed by atoms with Crippen LogP contribution in [-0.4, -0.2) is 16.7 Å². The number of rotatable bonds is 2. The Kier molecular flexibility index (Phi) is 4.11. The second-order valence-electron chi connectivity index (χ2n) is 1.91. The van der Waals surface area contributed by atoms with Gasteiger partial charge in [0.1, 0.15) is 0 Å². The van der Waals surface area contributed by atoms with E-state index >= 15 is 0 Å². The van der Waals surface area contributed by atoms with E-state index in [1.165, 1.54) is 0 Å². The normalized spacial score (nSPS) is 12.2. The van der Waals surface area contributed by atoms with Crippen LogP contribution < -0.4 is 5.73 Å². The first-order chi connectivity index (χ1) is 4.34. The summed E-state index contributed by atoms with van der Waals surface area (Å²) in [5, 5.41) is 8.56. The highest BCUT2D eigenvalue weighted by Crippen LogP contribution is 2.03. The fraction of sp³-hybridized carbons (Fsp3) is 0.333. The minimum atomic E-state index is -0.264. The molecule has 0 spiro atoms. The first-order valence-corrected chi connectivity index (χ1v) is 2.84. The summed E-state index contributed by atoms with van der Waals surface area (Å²) in [7, 11) is 0. The number of hydrogen-bond acceptors (Lipinski definition) is 2. The number of nitrogens with one attached hydrogen (secondary N) is 1. The number of nitrogens with two attached hydrogens (primary N) is 1. The van der Waals surface area contributed by atoms with Crippen molar-refractivity contribution in [3.05, 3.63) is 24.0 Å². The molecule has 0 aromatic carbocycles. The summed E-state index contributed by atoms with van der Waals surface area (Å²) < 4.78 is 0. The Hall–Kier alpha value is -0.510.